The minimum atomic E-state index is -3.25. The summed E-state index contributed by atoms with van der Waals surface area (Å²) < 4.78 is 23.1. The van der Waals surface area contributed by atoms with Crippen LogP contribution < -0.4 is 0 Å². The van der Waals surface area contributed by atoms with Crippen LogP contribution in [0.1, 0.15) is 40.2 Å². The van der Waals surface area contributed by atoms with Crippen LogP contribution in [-0.4, -0.2) is 49.6 Å². The standard InChI is InChI=1S/C21H23NO5S/c1-28(26,27)19-9-7-15(8-10-19)12-20(23)22-11-3-6-18(14-22)16-4-2-5-17(13-16)21(24)25/h2,4-5,7-10,13,18H,3,6,11-12,14H2,1H3,(H,24,25)/t18-/m0/s1. The van der Waals surface area contributed by atoms with Gasteiger partial charge in [0.1, 0.15) is 0 Å². The van der Waals surface area contributed by atoms with Gasteiger partial charge in [-0.3, -0.25) is 4.79 Å². The highest BCUT2D eigenvalue weighted by Gasteiger charge is 2.25. The predicted molar refractivity (Wildman–Crippen MR) is 105 cm³/mol. The molecule has 2 aromatic rings. The van der Waals surface area contributed by atoms with Crippen LogP contribution in [0.15, 0.2) is 53.4 Å². The van der Waals surface area contributed by atoms with Crippen LogP contribution in [0, 0.1) is 0 Å². The summed E-state index contributed by atoms with van der Waals surface area (Å²) in [5.74, 6) is -0.848. The van der Waals surface area contributed by atoms with E-state index in [4.69, 9.17) is 0 Å². The van der Waals surface area contributed by atoms with E-state index in [0.717, 1.165) is 30.2 Å². The molecule has 0 aromatic heterocycles. The molecule has 1 amide bonds. The fourth-order valence-corrected chi connectivity index (χ4v) is 4.17. The molecule has 1 fully saturated rings. The number of rotatable bonds is 5. The third-order valence-corrected chi connectivity index (χ3v) is 6.21. The Hall–Kier alpha value is -2.67. The normalized spacial score (nSPS) is 17.3. The molecule has 1 N–H and O–H groups in total. The molecule has 3 rings (SSSR count). The lowest BCUT2D eigenvalue weighted by molar-refractivity contribution is -0.131. The lowest BCUT2D eigenvalue weighted by Gasteiger charge is -2.33. The van der Waals surface area contributed by atoms with Crippen molar-refractivity contribution >= 4 is 21.7 Å². The lowest BCUT2D eigenvalue weighted by atomic mass is 9.89. The van der Waals surface area contributed by atoms with E-state index in [1.807, 2.05) is 11.0 Å². The van der Waals surface area contributed by atoms with E-state index >= 15 is 0 Å². The summed E-state index contributed by atoms with van der Waals surface area (Å²) in [6, 6.07) is 13.3. The monoisotopic (exact) mass is 401 g/mol. The number of amides is 1. The highest BCUT2D eigenvalue weighted by Crippen LogP contribution is 2.28. The van der Waals surface area contributed by atoms with Crippen LogP contribution in [0.2, 0.25) is 0 Å². The molecule has 0 radical (unpaired) electrons. The Kier molecular flexibility index (Phi) is 5.84. The van der Waals surface area contributed by atoms with E-state index in [-0.39, 0.29) is 28.7 Å². The zero-order valence-corrected chi connectivity index (χ0v) is 16.5. The van der Waals surface area contributed by atoms with Gasteiger partial charge >= 0.3 is 5.97 Å². The summed E-state index contributed by atoms with van der Waals surface area (Å²) in [6.07, 6.45) is 3.14. The SMILES string of the molecule is CS(=O)(=O)c1ccc(CC(=O)N2CCC[C@H](c3cccc(C(=O)O)c3)C2)cc1. The van der Waals surface area contributed by atoms with Crippen molar-refractivity contribution in [2.24, 2.45) is 0 Å². The highest BCUT2D eigenvalue weighted by atomic mass is 32.2. The molecule has 1 aliphatic rings. The number of likely N-dealkylation sites (tertiary alicyclic amines) is 1. The molecule has 28 heavy (non-hydrogen) atoms. The fraction of sp³-hybridized carbons (Fsp3) is 0.333. The first kappa shape index (κ1) is 20.1. The summed E-state index contributed by atoms with van der Waals surface area (Å²) >= 11 is 0. The molecular weight excluding hydrogens is 378 g/mol. The number of aromatic carboxylic acids is 1. The molecular formula is C21H23NO5S. The van der Waals surface area contributed by atoms with Crippen molar-refractivity contribution in [3.8, 4) is 0 Å². The first-order chi connectivity index (χ1) is 13.2. The molecule has 148 valence electrons. The minimum absolute atomic E-state index is 0.00815. The van der Waals surface area contributed by atoms with Gasteiger partial charge in [-0.2, -0.15) is 0 Å². The van der Waals surface area contributed by atoms with Gasteiger partial charge in [-0.05, 0) is 48.2 Å². The molecule has 2 aromatic carbocycles. The van der Waals surface area contributed by atoms with Crippen LogP contribution >= 0.6 is 0 Å². The van der Waals surface area contributed by atoms with Crippen LogP contribution in [0.25, 0.3) is 0 Å². The minimum Gasteiger partial charge on any atom is -0.478 e. The molecule has 0 spiro atoms. The maximum Gasteiger partial charge on any atom is 0.335 e. The average molecular weight is 401 g/mol. The van der Waals surface area contributed by atoms with E-state index in [1.165, 1.54) is 12.1 Å². The molecule has 0 saturated carbocycles. The Morgan fingerprint density at radius 2 is 1.86 bits per heavy atom. The maximum atomic E-state index is 12.7. The van der Waals surface area contributed by atoms with Gasteiger partial charge in [0.05, 0.1) is 16.9 Å². The van der Waals surface area contributed by atoms with E-state index in [9.17, 15) is 23.1 Å². The van der Waals surface area contributed by atoms with Crippen LogP contribution in [0.4, 0.5) is 0 Å². The second-order valence-electron chi connectivity index (χ2n) is 7.20. The number of carboxylic acids is 1. The van der Waals surface area contributed by atoms with Crippen molar-refractivity contribution in [2.75, 3.05) is 19.3 Å². The second-order valence-corrected chi connectivity index (χ2v) is 9.22. The quantitative estimate of drug-likeness (QED) is 0.832. The van der Waals surface area contributed by atoms with Gasteiger partial charge in [0, 0.05) is 25.3 Å². The van der Waals surface area contributed by atoms with Crippen molar-refractivity contribution in [1.29, 1.82) is 0 Å². The number of carbonyl (C=O) groups excluding carboxylic acids is 1. The molecule has 1 heterocycles. The third kappa shape index (κ3) is 4.78. The number of hydrogen-bond acceptors (Lipinski definition) is 4. The van der Waals surface area contributed by atoms with Gasteiger partial charge in [-0.1, -0.05) is 24.3 Å². The first-order valence-electron chi connectivity index (χ1n) is 9.14. The molecule has 6 nitrogen and oxygen atoms in total. The molecule has 1 aliphatic heterocycles. The maximum absolute atomic E-state index is 12.7. The molecule has 1 atom stereocenters. The van der Waals surface area contributed by atoms with Gasteiger partial charge in [0.2, 0.25) is 5.91 Å². The number of carboxylic acid groups (broad SMARTS) is 1. The first-order valence-corrected chi connectivity index (χ1v) is 11.0. The summed E-state index contributed by atoms with van der Waals surface area (Å²) in [6.45, 7) is 1.23. The number of hydrogen-bond donors (Lipinski definition) is 1. The summed E-state index contributed by atoms with van der Waals surface area (Å²) in [4.78, 5) is 26.0. The zero-order chi connectivity index (χ0) is 20.3. The molecule has 0 aliphatic carbocycles. The Bertz CT molecular complexity index is 982. The number of sulfone groups is 1. The van der Waals surface area contributed by atoms with E-state index in [1.54, 1.807) is 30.3 Å². The predicted octanol–water partition coefficient (Wildman–Crippen LogP) is 2.74. The van der Waals surface area contributed by atoms with Crippen molar-refractivity contribution in [3.05, 3.63) is 65.2 Å². The largest absolute Gasteiger partial charge is 0.478 e. The second kappa shape index (κ2) is 8.14. The van der Waals surface area contributed by atoms with Gasteiger partial charge in [-0.15, -0.1) is 0 Å². The molecule has 1 saturated heterocycles. The molecule has 0 bridgehead atoms. The van der Waals surface area contributed by atoms with E-state index < -0.39 is 15.8 Å². The topological polar surface area (TPSA) is 91.8 Å². The van der Waals surface area contributed by atoms with Gasteiger partial charge in [0.15, 0.2) is 9.84 Å². The average Bonchev–Trinajstić information content (AvgIpc) is 2.68. The van der Waals surface area contributed by atoms with Gasteiger partial charge < -0.3 is 10.0 Å². The van der Waals surface area contributed by atoms with Gasteiger partial charge in [0.25, 0.3) is 0 Å². The molecule has 7 heteroatoms. The van der Waals surface area contributed by atoms with Crippen molar-refractivity contribution in [1.82, 2.24) is 4.90 Å². The third-order valence-electron chi connectivity index (χ3n) is 5.09. The number of carbonyl (C=O) groups is 2. The van der Waals surface area contributed by atoms with Crippen LogP contribution in [0.5, 0.6) is 0 Å². The highest BCUT2D eigenvalue weighted by molar-refractivity contribution is 7.90. The summed E-state index contributed by atoms with van der Waals surface area (Å²) in [7, 11) is -3.25. The summed E-state index contributed by atoms with van der Waals surface area (Å²) in [5, 5.41) is 9.18. The van der Waals surface area contributed by atoms with Gasteiger partial charge in [-0.25, -0.2) is 13.2 Å². The van der Waals surface area contributed by atoms with Crippen molar-refractivity contribution in [2.45, 2.75) is 30.1 Å². The smallest absolute Gasteiger partial charge is 0.335 e. The van der Waals surface area contributed by atoms with E-state index in [2.05, 4.69) is 0 Å². The van der Waals surface area contributed by atoms with Crippen LogP contribution in [0.3, 0.4) is 0 Å². The Morgan fingerprint density at radius 1 is 1.14 bits per heavy atom. The van der Waals surface area contributed by atoms with Crippen molar-refractivity contribution < 1.29 is 23.1 Å². The van der Waals surface area contributed by atoms with Crippen LogP contribution in [-0.2, 0) is 21.1 Å². The lowest BCUT2D eigenvalue weighted by Crippen LogP contribution is -2.40. The van der Waals surface area contributed by atoms with Crippen molar-refractivity contribution in [3.63, 3.8) is 0 Å². The Morgan fingerprint density at radius 3 is 2.50 bits per heavy atom. The summed E-state index contributed by atoms with van der Waals surface area (Å²) in [5.41, 5.74) is 1.97. The zero-order valence-electron chi connectivity index (χ0n) is 15.7. The molecule has 0 unspecified atom stereocenters. The fourth-order valence-electron chi connectivity index (χ4n) is 3.54. The number of piperidine rings is 1. The number of benzene rings is 2. The number of nitrogens with zero attached hydrogens (tertiary/aromatic N) is 1. The van der Waals surface area contributed by atoms with E-state index in [0.29, 0.717) is 13.1 Å². The Balaban J connectivity index is 1.67. The Labute approximate surface area is 164 Å².